The van der Waals surface area contributed by atoms with Gasteiger partial charge in [0.1, 0.15) is 0 Å². The molecule has 0 aliphatic carbocycles. The first-order valence-corrected chi connectivity index (χ1v) is 11.1. The van der Waals surface area contributed by atoms with Gasteiger partial charge in [0.15, 0.2) is 0 Å². The van der Waals surface area contributed by atoms with Gasteiger partial charge in [-0.2, -0.15) is 0 Å². The monoisotopic (exact) mass is 483 g/mol. The predicted octanol–water partition coefficient (Wildman–Crippen LogP) is 5.76. The van der Waals surface area contributed by atoms with Crippen molar-refractivity contribution in [1.82, 2.24) is 5.32 Å². The van der Waals surface area contributed by atoms with Crippen molar-refractivity contribution >= 4 is 22.6 Å². The molecule has 0 saturated carbocycles. The van der Waals surface area contributed by atoms with Crippen LogP contribution in [0, 0.1) is 3.57 Å². The fourth-order valence-corrected chi connectivity index (χ4v) is 4.36. The Hall–Kier alpha value is -1.69. The van der Waals surface area contributed by atoms with Gasteiger partial charge in [-0.25, -0.2) is 0 Å². The number of rotatable bonds is 6. The van der Waals surface area contributed by atoms with Gasteiger partial charge in [-0.05, 0) is 64.3 Å². The van der Waals surface area contributed by atoms with E-state index in [4.69, 9.17) is 4.74 Å². The van der Waals surface area contributed by atoms with Gasteiger partial charge in [0, 0.05) is 22.1 Å². The van der Waals surface area contributed by atoms with E-state index in [0.717, 1.165) is 26.0 Å². The van der Waals surface area contributed by atoms with E-state index in [1.54, 1.807) is 0 Å². The van der Waals surface area contributed by atoms with Gasteiger partial charge >= 0.3 is 0 Å². The summed E-state index contributed by atoms with van der Waals surface area (Å²) in [4.78, 5) is 0. The van der Waals surface area contributed by atoms with E-state index in [1.807, 2.05) is 0 Å². The third kappa shape index (κ3) is 5.02. The van der Waals surface area contributed by atoms with Crippen molar-refractivity contribution in [3.63, 3.8) is 0 Å². The van der Waals surface area contributed by atoms with Crippen LogP contribution < -0.4 is 5.32 Å². The van der Waals surface area contributed by atoms with E-state index in [2.05, 4.69) is 113 Å². The minimum atomic E-state index is 0.223. The van der Waals surface area contributed by atoms with E-state index in [-0.39, 0.29) is 6.10 Å². The highest BCUT2D eigenvalue weighted by molar-refractivity contribution is 14.1. The molecule has 1 aliphatic heterocycles. The van der Waals surface area contributed by atoms with E-state index in [1.165, 1.54) is 20.3 Å². The summed E-state index contributed by atoms with van der Waals surface area (Å²) in [5.74, 6) is 0.291. The maximum atomic E-state index is 6.41. The van der Waals surface area contributed by atoms with Crippen molar-refractivity contribution in [3.8, 4) is 0 Å². The zero-order valence-electron chi connectivity index (χ0n) is 15.9. The van der Waals surface area contributed by atoms with Crippen LogP contribution in [0.3, 0.4) is 0 Å². The van der Waals surface area contributed by atoms with Crippen LogP contribution in [0.4, 0.5) is 0 Å². The molecule has 28 heavy (non-hydrogen) atoms. The number of hydrogen-bond donors (Lipinski definition) is 1. The van der Waals surface area contributed by atoms with Gasteiger partial charge in [-0.1, -0.05) is 72.8 Å². The second kappa shape index (κ2) is 9.68. The van der Waals surface area contributed by atoms with Crippen LogP contribution >= 0.6 is 22.6 Å². The van der Waals surface area contributed by atoms with Crippen LogP contribution in [0.5, 0.6) is 0 Å². The second-order valence-corrected chi connectivity index (χ2v) is 8.70. The van der Waals surface area contributed by atoms with Crippen molar-refractivity contribution in [2.75, 3.05) is 6.61 Å². The molecule has 1 fully saturated rings. The van der Waals surface area contributed by atoms with Crippen molar-refractivity contribution in [3.05, 3.63) is 105 Å². The Bertz CT molecular complexity index is 803. The van der Waals surface area contributed by atoms with Crippen molar-refractivity contribution < 1.29 is 4.74 Å². The molecule has 1 aliphatic rings. The van der Waals surface area contributed by atoms with Crippen LogP contribution in [0.25, 0.3) is 0 Å². The van der Waals surface area contributed by atoms with E-state index >= 15 is 0 Å². The molecular weight excluding hydrogens is 457 g/mol. The second-order valence-electron chi connectivity index (χ2n) is 7.45. The van der Waals surface area contributed by atoms with Gasteiger partial charge in [-0.3, -0.25) is 0 Å². The summed E-state index contributed by atoms with van der Waals surface area (Å²) < 4.78 is 7.68. The van der Waals surface area contributed by atoms with Gasteiger partial charge < -0.3 is 10.1 Å². The Morgan fingerprint density at radius 1 is 0.821 bits per heavy atom. The first-order valence-electron chi connectivity index (χ1n) is 9.99. The first kappa shape index (κ1) is 19.6. The SMILES string of the molecule is Ic1ccc(CNC2CCC(C(c3ccccc3)c3ccccc3)OC2)cc1. The summed E-state index contributed by atoms with van der Waals surface area (Å²) in [6.07, 6.45) is 2.44. The molecule has 3 heteroatoms. The van der Waals surface area contributed by atoms with Crippen LogP contribution in [0.15, 0.2) is 84.9 Å². The van der Waals surface area contributed by atoms with Crippen molar-refractivity contribution in [2.24, 2.45) is 0 Å². The lowest BCUT2D eigenvalue weighted by molar-refractivity contribution is -0.0116. The fourth-order valence-electron chi connectivity index (χ4n) is 4.00. The fraction of sp³-hybridized carbons (Fsp3) is 0.280. The quantitative estimate of drug-likeness (QED) is 0.451. The highest BCUT2D eigenvalue weighted by Gasteiger charge is 2.30. The van der Waals surface area contributed by atoms with Gasteiger partial charge in [-0.15, -0.1) is 0 Å². The molecule has 0 aromatic heterocycles. The molecule has 4 rings (SSSR count). The Labute approximate surface area is 181 Å². The molecule has 2 atom stereocenters. The highest BCUT2D eigenvalue weighted by atomic mass is 127. The molecular formula is C25H26INO. The summed E-state index contributed by atoms with van der Waals surface area (Å²) in [6, 6.07) is 30.7. The molecule has 2 nitrogen and oxygen atoms in total. The molecule has 0 spiro atoms. The van der Waals surface area contributed by atoms with Crippen LogP contribution in [0.2, 0.25) is 0 Å². The van der Waals surface area contributed by atoms with Crippen molar-refractivity contribution in [2.45, 2.75) is 37.5 Å². The summed E-state index contributed by atoms with van der Waals surface area (Å²) in [5, 5.41) is 3.67. The Balaban J connectivity index is 1.40. The number of hydrogen-bond acceptors (Lipinski definition) is 2. The Morgan fingerprint density at radius 3 is 1.96 bits per heavy atom. The first-order chi connectivity index (χ1) is 13.8. The molecule has 1 saturated heterocycles. The molecule has 144 valence electrons. The minimum absolute atomic E-state index is 0.223. The minimum Gasteiger partial charge on any atom is -0.376 e. The maximum absolute atomic E-state index is 6.41. The van der Waals surface area contributed by atoms with E-state index in [9.17, 15) is 0 Å². The van der Waals surface area contributed by atoms with Crippen LogP contribution in [0.1, 0.15) is 35.4 Å². The average Bonchev–Trinajstić information content (AvgIpc) is 2.76. The highest BCUT2D eigenvalue weighted by Crippen LogP contribution is 2.34. The molecule has 1 heterocycles. The zero-order valence-corrected chi connectivity index (χ0v) is 18.1. The predicted molar refractivity (Wildman–Crippen MR) is 123 cm³/mol. The van der Waals surface area contributed by atoms with Gasteiger partial charge in [0.2, 0.25) is 0 Å². The number of benzene rings is 3. The topological polar surface area (TPSA) is 21.3 Å². The normalized spacial score (nSPS) is 19.6. The summed E-state index contributed by atoms with van der Waals surface area (Å²) in [5.41, 5.74) is 4.00. The summed E-state index contributed by atoms with van der Waals surface area (Å²) in [6.45, 7) is 1.67. The zero-order chi connectivity index (χ0) is 19.2. The van der Waals surface area contributed by atoms with E-state index in [0.29, 0.717) is 12.0 Å². The number of nitrogens with one attached hydrogen (secondary N) is 1. The third-order valence-electron chi connectivity index (χ3n) is 5.51. The largest absolute Gasteiger partial charge is 0.376 e. The maximum Gasteiger partial charge on any atom is 0.0685 e. The molecule has 1 N–H and O–H groups in total. The third-order valence-corrected chi connectivity index (χ3v) is 6.23. The Morgan fingerprint density at radius 2 is 1.43 bits per heavy atom. The van der Waals surface area contributed by atoms with Crippen LogP contribution in [-0.2, 0) is 11.3 Å². The molecule has 3 aromatic rings. The van der Waals surface area contributed by atoms with Gasteiger partial charge in [0.05, 0.1) is 12.7 Å². The molecule has 3 aromatic carbocycles. The molecule has 0 bridgehead atoms. The molecule has 0 amide bonds. The lowest BCUT2D eigenvalue weighted by Gasteiger charge is -2.35. The summed E-state index contributed by atoms with van der Waals surface area (Å²) >= 11 is 2.35. The Kier molecular flexibility index (Phi) is 6.78. The van der Waals surface area contributed by atoms with E-state index < -0.39 is 0 Å². The standard InChI is InChI=1S/C25H26INO/c26-22-13-11-19(12-14-22)17-27-23-15-16-24(28-18-23)25(20-7-3-1-4-8-20)21-9-5-2-6-10-21/h1-14,23-25,27H,15-18H2. The summed E-state index contributed by atoms with van der Waals surface area (Å²) in [7, 11) is 0. The smallest absolute Gasteiger partial charge is 0.0685 e. The van der Waals surface area contributed by atoms with Crippen LogP contribution in [-0.4, -0.2) is 18.8 Å². The van der Waals surface area contributed by atoms with Gasteiger partial charge in [0.25, 0.3) is 0 Å². The molecule has 0 radical (unpaired) electrons. The van der Waals surface area contributed by atoms with Crippen molar-refractivity contribution in [1.29, 1.82) is 0 Å². The molecule has 2 unspecified atom stereocenters. The number of halogens is 1. The lowest BCUT2D eigenvalue weighted by Crippen LogP contribution is -2.41. The average molecular weight is 483 g/mol. The lowest BCUT2D eigenvalue weighted by atomic mass is 9.83. The number of ether oxygens (including phenoxy) is 1.